The average Bonchev–Trinajstić information content (AvgIpc) is 1.68. The fourth-order valence-corrected chi connectivity index (χ4v) is 0.225. The first-order valence-corrected chi connectivity index (χ1v) is 2.25. The van der Waals surface area contributed by atoms with Crippen LogP contribution in [0.25, 0.3) is 0 Å². The van der Waals surface area contributed by atoms with Gasteiger partial charge in [-0.1, -0.05) is 0 Å². The lowest BCUT2D eigenvalue weighted by molar-refractivity contribution is -0.118. The van der Waals surface area contributed by atoms with Gasteiger partial charge >= 0.3 is 0 Å². The van der Waals surface area contributed by atoms with Gasteiger partial charge in [0.05, 0.1) is 6.07 Å². The minimum Gasteiger partial charge on any atom is -0.340 e. The van der Waals surface area contributed by atoms with E-state index in [0.29, 0.717) is 0 Å². The summed E-state index contributed by atoms with van der Waals surface area (Å²) < 4.78 is 0. The van der Waals surface area contributed by atoms with E-state index in [-0.39, 0.29) is 12.3 Å². The van der Waals surface area contributed by atoms with Gasteiger partial charge in [0.1, 0.15) is 6.42 Å². The van der Waals surface area contributed by atoms with E-state index in [1.165, 1.54) is 0 Å². The molecule has 0 rings (SSSR count). The third-order valence-electron chi connectivity index (χ3n) is 0.401. The normalized spacial score (nSPS) is 6.86. The zero-order chi connectivity index (χ0) is 5.70. The molecule has 0 aromatic heterocycles. The van der Waals surface area contributed by atoms with E-state index >= 15 is 0 Å². The summed E-state index contributed by atoms with van der Waals surface area (Å²) in [6.45, 7) is 0. The summed E-state index contributed by atoms with van der Waals surface area (Å²) in [4.78, 5) is 10.1. The van der Waals surface area contributed by atoms with Gasteiger partial charge < -0.3 is 5.09 Å². The fraction of sp³-hybridized carbons (Fsp3) is 0.333. The van der Waals surface area contributed by atoms with Crippen LogP contribution >= 0.6 is 9.39 Å². The van der Waals surface area contributed by atoms with Crippen molar-refractivity contribution in [2.75, 3.05) is 0 Å². The molecule has 1 N–H and O–H groups in total. The van der Waals surface area contributed by atoms with Crippen molar-refractivity contribution in [3.8, 4) is 6.07 Å². The van der Waals surface area contributed by atoms with Crippen LogP contribution in [0.3, 0.4) is 0 Å². The molecule has 1 amide bonds. The smallest absolute Gasteiger partial charge is 0.237 e. The Hall–Kier alpha value is -0.610. The highest BCUT2D eigenvalue weighted by molar-refractivity contribution is 7.15. The molecule has 0 fully saturated rings. The number of carbonyl (C=O) groups is 1. The van der Waals surface area contributed by atoms with E-state index in [4.69, 9.17) is 5.26 Å². The summed E-state index contributed by atoms with van der Waals surface area (Å²) >= 11 is 0. The van der Waals surface area contributed by atoms with Gasteiger partial charge in [-0.3, -0.25) is 4.79 Å². The molecule has 0 aliphatic carbocycles. The molecule has 0 saturated heterocycles. The minimum atomic E-state index is -0.271. The molecule has 0 bridgehead atoms. The number of carbonyl (C=O) groups excluding carboxylic acids is 1. The lowest BCUT2D eigenvalue weighted by Crippen LogP contribution is -2.08. The lowest BCUT2D eigenvalue weighted by Gasteiger charge is -1.85. The largest absolute Gasteiger partial charge is 0.340 e. The van der Waals surface area contributed by atoms with E-state index in [2.05, 4.69) is 5.09 Å². The summed E-state index contributed by atoms with van der Waals surface area (Å²) in [6, 6.07) is 1.69. The van der Waals surface area contributed by atoms with Crippen molar-refractivity contribution in [2.45, 2.75) is 6.42 Å². The first kappa shape index (κ1) is 6.39. The minimum absolute atomic E-state index is 0.0660. The average molecular weight is 116 g/mol. The van der Waals surface area contributed by atoms with Crippen molar-refractivity contribution in [3.05, 3.63) is 0 Å². The lowest BCUT2D eigenvalue weighted by atomic mass is 10.5. The fourth-order valence-electron chi connectivity index (χ4n) is 0.123. The van der Waals surface area contributed by atoms with E-state index in [1.807, 2.05) is 9.39 Å². The predicted octanol–water partition coefficient (Wildman–Crippen LogP) is -0.194. The standard InChI is InChI=1S/C3H5N2OP/c4-2-1-3(6)5-7/h1,7H2,(H,5,6). The molecular weight excluding hydrogens is 111 g/mol. The van der Waals surface area contributed by atoms with Crippen molar-refractivity contribution in [3.63, 3.8) is 0 Å². The Morgan fingerprint density at radius 3 is 2.71 bits per heavy atom. The predicted molar refractivity (Wildman–Crippen MR) is 28.1 cm³/mol. The van der Waals surface area contributed by atoms with Crippen LogP contribution < -0.4 is 5.09 Å². The van der Waals surface area contributed by atoms with Crippen molar-refractivity contribution < 1.29 is 4.79 Å². The molecule has 3 nitrogen and oxygen atoms in total. The van der Waals surface area contributed by atoms with Crippen LogP contribution in [0.4, 0.5) is 0 Å². The molecule has 7 heavy (non-hydrogen) atoms. The van der Waals surface area contributed by atoms with E-state index in [0.717, 1.165) is 0 Å². The number of hydrogen-bond acceptors (Lipinski definition) is 2. The maximum atomic E-state index is 10.1. The van der Waals surface area contributed by atoms with Crippen LogP contribution in [0.15, 0.2) is 0 Å². The number of nitrogens with zero attached hydrogens (tertiary/aromatic N) is 1. The first-order valence-electron chi connectivity index (χ1n) is 1.67. The number of nitriles is 1. The molecule has 0 aliphatic rings. The molecule has 0 radical (unpaired) electrons. The van der Waals surface area contributed by atoms with Crippen LogP contribution in [0.5, 0.6) is 0 Å². The van der Waals surface area contributed by atoms with Gasteiger partial charge in [-0.2, -0.15) is 5.26 Å². The molecular formula is C3H5N2OP. The second-order valence-corrected chi connectivity index (χ2v) is 1.19. The third kappa shape index (κ3) is 3.21. The Balaban J connectivity index is 3.23. The van der Waals surface area contributed by atoms with Gasteiger partial charge in [-0.25, -0.2) is 0 Å². The molecule has 0 aromatic carbocycles. The summed E-state index contributed by atoms with van der Waals surface area (Å²) in [7, 11) is 2.02. The molecule has 1 atom stereocenters. The van der Waals surface area contributed by atoms with Crippen molar-refractivity contribution in [1.29, 1.82) is 5.26 Å². The van der Waals surface area contributed by atoms with Crippen LogP contribution in [0.2, 0.25) is 0 Å². The number of rotatable bonds is 1. The van der Waals surface area contributed by atoms with E-state index in [9.17, 15) is 4.79 Å². The Morgan fingerprint density at radius 1 is 2.00 bits per heavy atom. The molecule has 0 spiro atoms. The first-order chi connectivity index (χ1) is 3.31. The molecule has 0 aromatic rings. The van der Waals surface area contributed by atoms with E-state index < -0.39 is 0 Å². The SMILES string of the molecule is N#CCC(=O)NP. The topological polar surface area (TPSA) is 52.9 Å². The Bertz CT molecular complexity index is 106. The number of amides is 1. The Morgan fingerprint density at radius 2 is 2.57 bits per heavy atom. The molecule has 4 heteroatoms. The monoisotopic (exact) mass is 116 g/mol. The maximum absolute atomic E-state index is 10.1. The summed E-state index contributed by atoms with van der Waals surface area (Å²) in [5.41, 5.74) is 0. The highest BCUT2D eigenvalue weighted by Crippen LogP contribution is 1.76. The highest BCUT2D eigenvalue weighted by Gasteiger charge is 1.90. The summed E-state index contributed by atoms with van der Waals surface area (Å²) in [5.74, 6) is -0.271. The molecule has 0 heterocycles. The van der Waals surface area contributed by atoms with E-state index in [1.54, 1.807) is 6.07 Å². The quantitative estimate of drug-likeness (QED) is 0.482. The summed E-state index contributed by atoms with van der Waals surface area (Å²) in [5, 5.41) is 10.1. The molecule has 38 valence electrons. The molecule has 1 unspecified atom stereocenters. The van der Waals surface area contributed by atoms with Gasteiger partial charge in [-0.15, -0.1) is 0 Å². The molecule has 0 aliphatic heterocycles. The van der Waals surface area contributed by atoms with Gasteiger partial charge in [0.25, 0.3) is 0 Å². The summed E-state index contributed by atoms with van der Waals surface area (Å²) in [6.07, 6.45) is -0.0660. The third-order valence-corrected chi connectivity index (χ3v) is 0.723. The number of hydrogen-bond donors (Lipinski definition) is 1. The van der Waals surface area contributed by atoms with Crippen molar-refractivity contribution in [1.82, 2.24) is 5.09 Å². The number of nitrogens with one attached hydrogen (secondary N) is 1. The highest BCUT2D eigenvalue weighted by atomic mass is 31.0. The molecule has 0 saturated carbocycles. The zero-order valence-corrected chi connectivity index (χ0v) is 4.79. The van der Waals surface area contributed by atoms with Crippen molar-refractivity contribution in [2.24, 2.45) is 0 Å². The van der Waals surface area contributed by atoms with Crippen LogP contribution in [-0.4, -0.2) is 5.91 Å². The Labute approximate surface area is 44.0 Å². The second-order valence-electron chi connectivity index (χ2n) is 0.902. The van der Waals surface area contributed by atoms with Gasteiger partial charge in [0.2, 0.25) is 5.91 Å². The van der Waals surface area contributed by atoms with Gasteiger partial charge in [0, 0.05) is 0 Å². The second kappa shape index (κ2) is 3.58. The van der Waals surface area contributed by atoms with Gasteiger partial charge in [0.15, 0.2) is 0 Å². The van der Waals surface area contributed by atoms with Crippen LogP contribution in [0.1, 0.15) is 6.42 Å². The zero-order valence-electron chi connectivity index (χ0n) is 3.64. The Kier molecular flexibility index (Phi) is 3.26. The van der Waals surface area contributed by atoms with Crippen LogP contribution in [-0.2, 0) is 4.79 Å². The van der Waals surface area contributed by atoms with Crippen LogP contribution in [0, 0.1) is 11.3 Å². The maximum Gasteiger partial charge on any atom is 0.237 e. The van der Waals surface area contributed by atoms with Gasteiger partial charge in [-0.05, 0) is 9.39 Å². The van der Waals surface area contributed by atoms with Crippen molar-refractivity contribution >= 4 is 15.3 Å².